The highest BCUT2D eigenvalue weighted by atomic mass is 32.1. The van der Waals surface area contributed by atoms with Crippen molar-refractivity contribution in [1.82, 2.24) is 9.88 Å². The largest absolute Gasteiger partial charge is 0.392 e. The van der Waals surface area contributed by atoms with Crippen molar-refractivity contribution in [2.75, 3.05) is 25.5 Å². The van der Waals surface area contributed by atoms with Crippen LogP contribution in [0.25, 0.3) is 21.0 Å². The molecule has 1 fully saturated rings. The van der Waals surface area contributed by atoms with E-state index in [9.17, 15) is 14.7 Å². The van der Waals surface area contributed by atoms with Crippen molar-refractivity contribution in [3.8, 4) is 0 Å². The third-order valence-corrected chi connectivity index (χ3v) is 8.47. The predicted molar refractivity (Wildman–Crippen MR) is 152 cm³/mol. The molecule has 0 spiro atoms. The van der Waals surface area contributed by atoms with Crippen molar-refractivity contribution < 1.29 is 19.4 Å². The van der Waals surface area contributed by atoms with Crippen molar-refractivity contribution in [2.45, 2.75) is 46.4 Å². The summed E-state index contributed by atoms with van der Waals surface area (Å²) in [6.45, 7) is 8.24. The zero-order valence-electron chi connectivity index (χ0n) is 22.2. The molecular weight excluding hydrogens is 498 g/mol. The molecule has 38 heavy (non-hydrogen) atoms. The number of pyridine rings is 1. The van der Waals surface area contributed by atoms with Gasteiger partial charge in [-0.2, -0.15) is 0 Å². The van der Waals surface area contributed by atoms with Crippen molar-refractivity contribution in [2.24, 2.45) is 5.92 Å². The van der Waals surface area contributed by atoms with Crippen LogP contribution in [-0.4, -0.2) is 53.0 Å². The Morgan fingerprint density at radius 3 is 2.71 bits per heavy atom. The number of anilines is 1. The fourth-order valence-corrected chi connectivity index (χ4v) is 6.51. The molecule has 7 nitrogen and oxygen atoms in total. The molecule has 1 atom stereocenters. The zero-order valence-corrected chi connectivity index (χ0v) is 23.0. The number of rotatable bonds is 8. The Bertz CT molecular complexity index is 1530. The molecule has 0 saturated carbocycles. The quantitative estimate of drug-likeness (QED) is 0.289. The SMILES string of the molecule is COCc1ccc(C(=O)C(C)C)c2sc(C(=O)Nc3cc(CN4CCC(O)C4)c4ccccc4n3)c(C)c12. The number of Topliss-reactive ketones (excluding diaryl/α,β-unsaturated/α-hetero) is 1. The van der Waals surface area contributed by atoms with Gasteiger partial charge in [0.15, 0.2) is 5.78 Å². The third-order valence-electron chi connectivity index (χ3n) is 7.14. The molecule has 0 bridgehead atoms. The number of ether oxygens (including phenoxy) is 1. The first kappa shape index (κ1) is 26.4. The van der Waals surface area contributed by atoms with Crippen LogP contribution in [0.2, 0.25) is 0 Å². The fourth-order valence-electron chi connectivity index (χ4n) is 5.24. The number of aromatic nitrogens is 1. The van der Waals surface area contributed by atoms with Crippen LogP contribution in [0.15, 0.2) is 42.5 Å². The minimum Gasteiger partial charge on any atom is -0.392 e. The van der Waals surface area contributed by atoms with Crippen LogP contribution in [0.5, 0.6) is 0 Å². The van der Waals surface area contributed by atoms with E-state index < -0.39 is 0 Å². The number of hydrogen-bond acceptors (Lipinski definition) is 7. The average Bonchev–Trinajstić information content (AvgIpc) is 3.46. The van der Waals surface area contributed by atoms with E-state index in [2.05, 4.69) is 10.2 Å². The van der Waals surface area contributed by atoms with Crippen LogP contribution in [0.1, 0.15) is 57.0 Å². The number of benzene rings is 2. The van der Waals surface area contributed by atoms with E-state index in [1.165, 1.54) is 11.3 Å². The highest BCUT2D eigenvalue weighted by Gasteiger charge is 2.25. The van der Waals surface area contributed by atoms with E-state index in [-0.39, 0.29) is 23.7 Å². The molecule has 3 heterocycles. The van der Waals surface area contributed by atoms with Gasteiger partial charge in [-0.15, -0.1) is 11.3 Å². The third kappa shape index (κ3) is 5.09. The van der Waals surface area contributed by atoms with Gasteiger partial charge in [0.05, 0.1) is 23.1 Å². The van der Waals surface area contributed by atoms with Crippen molar-refractivity contribution in [1.29, 1.82) is 0 Å². The molecule has 1 amide bonds. The first-order valence-corrected chi connectivity index (χ1v) is 13.8. The van der Waals surface area contributed by atoms with Crippen molar-refractivity contribution >= 4 is 49.8 Å². The first-order chi connectivity index (χ1) is 18.3. The first-order valence-electron chi connectivity index (χ1n) is 12.9. The summed E-state index contributed by atoms with van der Waals surface area (Å²) in [5.41, 5.74) is 4.29. The number of amides is 1. The summed E-state index contributed by atoms with van der Waals surface area (Å²) in [6, 6.07) is 13.6. The van der Waals surface area contributed by atoms with Crippen molar-refractivity contribution in [3.63, 3.8) is 0 Å². The number of aryl methyl sites for hydroxylation is 1. The summed E-state index contributed by atoms with van der Waals surface area (Å²) in [5.74, 6) is 0.138. The van der Waals surface area contributed by atoms with Crippen LogP contribution in [-0.2, 0) is 17.9 Å². The maximum absolute atomic E-state index is 13.6. The molecule has 1 saturated heterocycles. The van der Waals surface area contributed by atoms with Crippen molar-refractivity contribution in [3.05, 3.63) is 69.6 Å². The van der Waals surface area contributed by atoms with Gasteiger partial charge in [0, 0.05) is 53.7 Å². The molecule has 8 heteroatoms. The van der Waals surface area contributed by atoms with Crippen LogP contribution in [0.3, 0.4) is 0 Å². The van der Waals surface area contributed by atoms with Gasteiger partial charge < -0.3 is 15.2 Å². The summed E-state index contributed by atoms with van der Waals surface area (Å²) >= 11 is 1.35. The Balaban J connectivity index is 1.52. The van der Waals surface area contributed by atoms with Gasteiger partial charge >= 0.3 is 0 Å². The summed E-state index contributed by atoms with van der Waals surface area (Å²) in [5, 5.41) is 14.9. The molecule has 198 valence electrons. The smallest absolute Gasteiger partial charge is 0.267 e. The fraction of sp³-hybridized carbons (Fsp3) is 0.367. The van der Waals surface area contributed by atoms with Gasteiger partial charge in [0.25, 0.3) is 5.91 Å². The number of aliphatic hydroxyl groups excluding tert-OH is 1. The molecule has 2 N–H and O–H groups in total. The number of hydrogen-bond donors (Lipinski definition) is 2. The van der Waals surface area contributed by atoms with Crippen LogP contribution < -0.4 is 5.32 Å². The van der Waals surface area contributed by atoms with Crippen LogP contribution in [0.4, 0.5) is 5.82 Å². The summed E-state index contributed by atoms with van der Waals surface area (Å²) in [7, 11) is 1.64. The van der Waals surface area contributed by atoms with E-state index in [1.807, 2.05) is 63.2 Å². The molecule has 2 aromatic heterocycles. The highest BCUT2D eigenvalue weighted by Crippen LogP contribution is 2.37. The van der Waals surface area contributed by atoms with Crippen LogP contribution >= 0.6 is 11.3 Å². The number of methoxy groups -OCH3 is 1. The molecule has 2 aromatic carbocycles. The Morgan fingerprint density at radius 2 is 2.00 bits per heavy atom. The van der Waals surface area contributed by atoms with Gasteiger partial charge in [0.1, 0.15) is 5.82 Å². The lowest BCUT2D eigenvalue weighted by Gasteiger charge is -2.17. The second-order valence-corrected chi connectivity index (χ2v) is 11.3. The molecule has 1 aliphatic heterocycles. The minimum absolute atomic E-state index is 0.0556. The second-order valence-electron chi connectivity index (χ2n) is 10.3. The molecule has 5 rings (SSSR count). The zero-order chi connectivity index (χ0) is 27.0. The van der Waals surface area contributed by atoms with E-state index in [4.69, 9.17) is 9.72 Å². The minimum atomic E-state index is -0.298. The Labute approximate surface area is 226 Å². The number of aliphatic hydroxyl groups is 1. The average molecular weight is 532 g/mol. The lowest BCUT2D eigenvalue weighted by Crippen LogP contribution is -2.22. The lowest BCUT2D eigenvalue weighted by molar-refractivity contribution is 0.0940. The highest BCUT2D eigenvalue weighted by molar-refractivity contribution is 7.21. The standard InChI is InChI=1S/C30H33N3O4S/c1-17(2)27(35)23-10-9-19(16-37-4)26-18(3)28(38-29(23)26)30(36)32-25-13-20(14-33-12-11-21(34)15-33)22-7-5-6-8-24(22)31-25/h5-10,13,17,21,34H,11-12,14-16H2,1-4H3,(H,31,32,36). The number of nitrogens with zero attached hydrogens (tertiary/aromatic N) is 2. The number of β-amino-alcohol motifs (C(OH)–C–C–N with tert-alkyl or cyclic N) is 1. The summed E-state index contributed by atoms with van der Waals surface area (Å²) in [4.78, 5) is 34.1. The Hall–Kier alpha value is -3.17. The number of likely N-dealkylation sites (tertiary alicyclic amines) is 1. The monoisotopic (exact) mass is 531 g/mol. The normalized spacial score (nSPS) is 16.1. The predicted octanol–water partition coefficient (Wildman–Crippen LogP) is 5.56. The second kappa shape index (κ2) is 10.9. The Kier molecular flexibility index (Phi) is 7.59. The summed E-state index contributed by atoms with van der Waals surface area (Å²) in [6.07, 6.45) is 0.471. The Morgan fingerprint density at radius 1 is 1.21 bits per heavy atom. The van der Waals surface area contributed by atoms with Gasteiger partial charge in [-0.3, -0.25) is 14.5 Å². The van der Waals surface area contributed by atoms with E-state index in [1.54, 1.807) is 7.11 Å². The van der Waals surface area contributed by atoms with Crippen LogP contribution in [0, 0.1) is 12.8 Å². The van der Waals surface area contributed by atoms with E-state index >= 15 is 0 Å². The van der Waals surface area contributed by atoms with Gasteiger partial charge in [-0.25, -0.2) is 4.98 Å². The number of carbonyl (C=O) groups excluding carboxylic acids is 2. The molecule has 0 radical (unpaired) electrons. The molecular formula is C30H33N3O4S. The van der Waals surface area contributed by atoms with E-state index in [0.29, 0.717) is 36.0 Å². The van der Waals surface area contributed by atoms with E-state index in [0.717, 1.165) is 50.6 Å². The number of fused-ring (bicyclic) bond motifs is 2. The number of nitrogens with one attached hydrogen (secondary N) is 1. The number of ketones is 1. The number of thiophene rings is 1. The molecule has 0 aliphatic carbocycles. The number of para-hydroxylation sites is 1. The maximum atomic E-state index is 13.6. The molecule has 1 aliphatic rings. The molecule has 1 unspecified atom stereocenters. The number of carbonyl (C=O) groups is 2. The topological polar surface area (TPSA) is 91.8 Å². The molecule has 4 aromatic rings. The summed E-state index contributed by atoms with van der Waals surface area (Å²) < 4.78 is 6.23. The maximum Gasteiger partial charge on any atom is 0.267 e. The van der Waals surface area contributed by atoms with Gasteiger partial charge in [-0.05, 0) is 48.2 Å². The lowest BCUT2D eigenvalue weighted by atomic mass is 9.96. The van der Waals surface area contributed by atoms with Gasteiger partial charge in [-0.1, -0.05) is 38.1 Å². The van der Waals surface area contributed by atoms with Gasteiger partial charge in [0.2, 0.25) is 0 Å².